The normalized spacial score (nSPS) is 15.3. The number of nitrogens with zero attached hydrogens (tertiary/aromatic N) is 2. The standard InChI is InChI=1S/C71H46N2/c1-69(2)56-25-9-3-18-46(56)52-37-34-44(41-64(52)69)72(45-35-38-53-51-23-8-12-28-59(51)70(65(53)42-45)57-26-10-4-19-47(57)48-20-5-11-27-58(48)70)43-36-39-66-55(40-43)54-24-17-32-63-68(54)73(66)67-33-16-15-31-62(67)71(63)60-29-13-6-21-49(60)50-22-7-14-30-61(50)71/h3-42H,1-2H3. The van der Waals surface area contributed by atoms with Gasteiger partial charge in [-0.2, -0.15) is 0 Å². The van der Waals surface area contributed by atoms with Gasteiger partial charge in [0.05, 0.1) is 27.6 Å². The van der Waals surface area contributed by atoms with E-state index in [2.05, 4.69) is 266 Å². The fraction of sp³-hybridized carbons (Fsp3) is 0.0704. The van der Waals surface area contributed by atoms with Crippen LogP contribution in [0, 0.1) is 0 Å². The van der Waals surface area contributed by atoms with Gasteiger partial charge in [0.1, 0.15) is 0 Å². The Kier molecular flexibility index (Phi) is 7.45. The van der Waals surface area contributed by atoms with Crippen LogP contribution < -0.4 is 4.90 Å². The lowest BCUT2D eigenvalue weighted by molar-refractivity contribution is 0.660. The van der Waals surface area contributed by atoms with Crippen molar-refractivity contribution < 1.29 is 0 Å². The lowest BCUT2D eigenvalue weighted by Crippen LogP contribution is -2.33. The van der Waals surface area contributed by atoms with Crippen LogP contribution in [0.25, 0.3) is 72.0 Å². The summed E-state index contributed by atoms with van der Waals surface area (Å²) < 4.78 is 2.57. The zero-order valence-electron chi connectivity index (χ0n) is 40.5. The summed E-state index contributed by atoms with van der Waals surface area (Å²) in [4.78, 5) is 2.55. The molecule has 2 nitrogen and oxygen atoms in total. The first-order valence-electron chi connectivity index (χ1n) is 25.8. The van der Waals surface area contributed by atoms with Crippen molar-refractivity contribution in [1.82, 2.24) is 4.57 Å². The maximum absolute atomic E-state index is 2.57. The number of hydrogen-bond acceptors (Lipinski definition) is 1. The number of anilines is 3. The Balaban J connectivity index is 0.940. The van der Waals surface area contributed by atoms with Crippen molar-refractivity contribution in [3.8, 4) is 50.2 Å². The number of hydrogen-bond donors (Lipinski definition) is 0. The Labute approximate surface area is 424 Å². The fourth-order valence-corrected chi connectivity index (χ4v) is 15.2. The second kappa shape index (κ2) is 13.7. The van der Waals surface area contributed by atoms with Crippen LogP contribution in [0.4, 0.5) is 17.1 Å². The van der Waals surface area contributed by atoms with E-state index in [0.717, 1.165) is 17.1 Å². The van der Waals surface area contributed by atoms with E-state index in [1.165, 1.54) is 128 Å². The van der Waals surface area contributed by atoms with Crippen LogP contribution in [0.1, 0.15) is 69.5 Å². The molecule has 2 heterocycles. The predicted octanol–water partition coefficient (Wildman–Crippen LogP) is 17.6. The van der Waals surface area contributed by atoms with Crippen molar-refractivity contribution in [2.75, 3.05) is 4.90 Å². The molecule has 73 heavy (non-hydrogen) atoms. The quantitative estimate of drug-likeness (QED) is 0.171. The van der Waals surface area contributed by atoms with Crippen LogP contribution >= 0.6 is 0 Å². The topological polar surface area (TPSA) is 8.17 Å². The number of fused-ring (bicyclic) bond motifs is 25. The van der Waals surface area contributed by atoms with E-state index >= 15 is 0 Å². The minimum Gasteiger partial charge on any atom is -0.310 e. The Morgan fingerprint density at radius 1 is 0.288 bits per heavy atom. The molecular weight excluding hydrogens is 881 g/mol. The molecule has 0 radical (unpaired) electrons. The predicted molar refractivity (Wildman–Crippen MR) is 300 cm³/mol. The summed E-state index contributed by atoms with van der Waals surface area (Å²) >= 11 is 0. The monoisotopic (exact) mass is 926 g/mol. The van der Waals surface area contributed by atoms with Crippen LogP contribution in [0.3, 0.4) is 0 Å². The second-order valence-electron chi connectivity index (χ2n) is 21.4. The molecule has 0 unspecified atom stereocenters. The van der Waals surface area contributed by atoms with Crippen LogP contribution in [0.15, 0.2) is 243 Å². The zero-order chi connectivity index (χ0) is 48.0. The van der Waals surface area contributed by atoms with Gasteiger partial charge in [0.15, 0.2) is 0 Å². The number of aromatic nitrogens is 1. The van der Waals surface area contributed by atoms with E-state index in [4.69, 9.17) is 0 Å². The Bertz CT molecular complexity index is 4340. The van der Waals surface area contributed by atoms with Crippen molar-refractivity contribution in [2.45, 2.75) is 30.1 Å². The Morgan fingerprint density at radius 3 is 1.22 bits per heavy atom. The molecule has 0 N–H and O–H groups in total. The van der Waals surface area contributed by atoms with Crippen molar-refractivity contribution in [1.29, 1.82) is 0 Å². The van der Waals surface area contributed by atoms with E-state index in [-0.39, 0.29) is 5.41 Å². The minimum atomic E-state index is -0.466. The van der Waals surface area contributed by atoms with Crippen molar-refractivity contribution in [3.63, 3.8) is 0 Å². The maximum Gasteiger partial charge on any atom is 0.0754 e. The third-order valence-electron chi connectivity index (χ3n) is 18.0. The molecule has 340 valence electrons. The van der Waals surface area contributed by atoms with Crippen LogP contribution in [-0.2, 0) is 16.2 Å². The third-order valence-corrected chi connectivity index (χ3v) is 18.0. The zero-order valence-corrected chi connectivity index (χ0v) is 40.5. The molecule has 0 bridgehead atoms. The van der Waals surface area contributed by atoms with Gasteiger partial charge in [0.2, 0.25) is 0 Å². The van der Waals surface area contributed by atoms with E-state index in [1.54, 1.807) is 0 Å². The van der Waals surface area contributed by atoms with Crippen LogP contribution in [0.5, 0.6) is 0 Å². The largest absolute Gasteiger partial charge is 0.310 e. The number of benzene rings is 11. The highest BCUT2D eigenvalue weighted by Crippen LogP contribution is 2.65. The van der Waals surface area contributed by atoms with Crippen molar-refractivity contribution in [3.05, 3.63) is 298 Å². The molecule has 0 amide bonds. The molecular formula is C71H46N2. The molecule has 2 spiro atoms. The minimum absolute atomic E-state index is 0.168. The van der Waals surface area contributed by atoms with Gasteiger partial charge in [-0.05, 0) is 149 Å². The first-order chi connectivity index (χ1) is 36.0. The lowest BCUT2D eigenvalue weighted by atomic mass is 9.65. The number of para-hydroxylation sites is 2. The van der Waals surface area contributed by atoms with Crippen LogP contribution in [0.2, 0.25) is 0 Å². The molecule has 1 aromatic heterocycles. The first kappa shape index (κ1) is 39.7. The summed E-state index contributed by atoms with van der Waals surface area (Å²) in [6.45, 7) is 4.78. The average molecular weight is 927 g/mol. The molecule has 0 saturated carbocycles. The SMILES string of the molecule is CC1(C)c2ccccc2-c2ccc(N(c3ccc4c(c3)C3(c5ccccc5-c5ccccc53)c3ccccc3-4)c3ccc4c(c3)c3cccc5c3n4-c3ccccc3C53c4ccccc4-c4ccccc43)cc21. The third kappa shape index (κ3) is 4.63. The van der Waals surface area contributed by atoms with E-state index in [1.807, 2.05) is 0 Å². The molecule has 0 atom stereocenters. The summed E-state index contributed by atoms with van der Waals surface area (Å²) in [5.74, 6) is 0. The van der Waals surface area contributed by atoms with E-state index in [0.29, 0.717) is 0 Å². The number of rotatable bonds is 3. The highest BCUT2D eigenvalue weighted by atomic mass is 15.1. The van der Waals surface area contributed by atoms with Gasteiger partial charge in [-0.25, -0.2) is 0 Å². The van der Waals surface area contributed by atoms with E-state index < -0.39 is 10.8 Å². The smallest absolute Gasteiger partial charge is 0.0754 e. The Morgan fingerprint density at radius 2 is 0.671 bits per heavy atom. The maximum atomic E-state index is 2.57. The lowest BCUT2D eigenvalue weighted by Gasteiger charge is -2.39. The second-order valence-corrected chi connectivity index (χ2v) is 21.4. The van der Waals surface area contributed by atoms with Gasteiger partial charge in [-0.15, -0.1) is 0 Å². The molecule has 12 aromatic rings. The summed E-state index contributed by atoms with van der Waals surface area (Å²) in [5.41, 5.74) is 30.0. The molecule has 0 saturated heterocycles. The summed E-state index contributed by atoms with van der Waals surface area (Å²) in [6, 6.07) is 92.7. The summed E-state index contributed by atoms with van der Waals surface area (Å²) in [6.07, 6.45) is 0. The molecule has 17 rings (SSSR count). The molecule has 2 heteroatoms. The van der Waals surface area contributed by atoms with Gasteiger partial charge in [-0.3, -0.25) is 0 Å². The molecule has 4 aliphatic carbocycles. The fourth-order valence-electron chi connectivity index (χ4n) is 15.2. The first-order valence-corrected chi connectivity index (χ1v) is 25.8. The van der Waals surface area contributed by atoms with Gasteiger partial charge in [-0.1, -0.05) is 208 Å². The molecule has 1 aliphatic heterocycles. The van der Waals surface area contributed by atoms with Crippen molar-refractivity contribution in [2.24, 2.45) is 0 Å². The molecule has 0 fully saturated rings. The highest BCUT2D eigenvalue weighted by molar-refractivity contribution is 6.14. The van der Waals surface area contributed by atoms with Crippen LogP contribution in [-0.4, -0.2) is 4.57 Å². The van der Waals surface area contributed by atoms with Gasteiger partial charge >= 0.3 is 0 Å². The van der Waals surface area contributed by atoms with Gasteiger partial charge < -0.3 is 9.47 Å². The highest BCUT2D eigenvalue weighted by Gasteiger charge is 2.53. The van der Waals surface area contributed by atoms with Crippen molar-refractivity contribution >= 4 is 38.9 Å². The average Bonchev–Trinajstić information content (AvgIpc) is 4.20. The Hall–Kier alpha value is -8.98. The van der Waals surface area contributed by atoms with Gasteiger partial charge in [0.25, 0.3) is 0 Å². The molecule has 11 aromatic carbocycles. The van der Waals surface area contributed by atoms with E-state index in [9.17, 15) is 0 Å². The summed E-state index contributed by atoms with van der Waals surface area (Å²) in [7, 11) is 0. The molecule has 5 aliphatic rings. The summed E-state index contributed by atoms with van der Waals surface area (Å²) in [5, 5.41) is 2.50. The van der Waals surface area contributed by atoms with Gasteiger partial charge in [0, 0.05) is 33.2 Å².